The Balaban J connectivity index is 2.23. The molecule has 0 aliphatic carbocycles. The summed E-state index contributed by atoms with van der Waals surface area (Å²) in [5.74, 6) is -2.21. The largest absolute Gasteiger partial charge is 0.503 e. The molecule has 0 unspecified atom stereocenters. The van der Waals surface area contributed by atoms with Crippen LogP contribution in [0.25, 0.3) is 10.1 Å². The second-order valence-corrected chi connectivity index (χ2v) is 6.75. The standard InChI is InChI=1S/C13H10Cl2N2O6S/c14-6-5-7(15)12(13(20)16-1-3-23-4-2-16)24-11(5)8(17(21)22)10(19)9(6)18/h18-19H,1-4H2. The molecule has 0 saturated carbocycles. The van der Waals surface area contributed by atoms with E-state index in [9.17, 15) is 25.1 Å². The van der Waals surface area contributed by atoms with Crippen LogP contribution in [0.2, 0.25) is 10.0 Å². The molecule has 1 aromatic carbocycles. The number of thiophene rings is 1. The van der Waals surface area contributed by atoms with Gasteiger partial charge in [-0.1, -0.05) is 23.2 Å². The molecule has 1 fully saturated rings. The van der Waals surface area contributed by atoms with Crippen molar-refractivity contribution < 1.29 is 24.7 Å². The van der Waals surface area contributed by atoms with Crippen LogP contribution in [0, 0.1) is 10.1 Å². The number of halogens is 2. The number of fused-ring (bicyclic) bond motifs is 1. The van der Waals surface area contributed by atoms with Crippen molar-refractivity contribution in [1.29, 1.82) is 0 Å². The van der Waals surface area contributed by atoms with Gasteiger partial charge in [0.15, 0.2) is 5.75 Å². The van der Waals surface area contributed by atoms with Crippen molar-refractivity contribution in [3.63, 3.8) is 0 Å². The van der Waals surface area contributed by atoms with Crippen molar-refractivity contribution in [3.05, 3.63) is 25.0 Å². The van der Waals surface area contributed by atoms with E-state index >= 15 is 0 Å². The van der Waals surface area contributed by atoms with Crippen LogP contribution in [0.4, 0.5) is 5.69 Å². The van der Waals surface area contributed by atoms with Crippen molar-refractivity contribution in [2.45, 2.75) is 0 Å². The molecule has 0 spiro atoms. The van der Waals surface area contributed by atoms with E-state index in [1.807, 2.05) is 0 Å². The van der Waals surface area contributed by atoms with Gasteiger partial charge in [-0.05, 0) is 0 Å². The van der Waals surface area contributed by atoms with Crippen molar-refractivity contribution in [2.24, 2.45) is 0 Å². The maximum atomic E-state index is 12.6. The van der Waals surface area contributed by atoms with Crippen molar-refractivity contribution in [3.8, 4) is 11.5 Å². The molecule has 1 saturated heterocycles. The van der Waals surface area contributed by atoms with E-state index in [1.54, 1.807) is 0 Å². The Labute approximate surface area is 148 Å². The second-order valence-electron chi connectivity index (χ2n) is 4.97. The van der Waals surface area contributed by atoms with E-state index in [0.29, 0.717) is 26.3 Å². The summed E-state index contributed by atoms with van der Waals surface area (Å²) < 4.78 is 5.11. The zero-order valence-electron chi connectivity index (χ0n) is 11.9. The maximum absolute atomic E-state index is 12.6. The number of amides is 1. The molecule has 0 atom stereocenters. The molecular formula is C13H10Cl2N2O6S. The fourth-order valence-corrected chi connectivity index (χ4v) is 4.44. The third-order valence-electron chi connectivity index (χ3n) is 3.62. The summed E-state index contributed by atoms with van der Waals surface area (Å²) in [5, 5.41) is 30.4. The number of benzene rings is 1. The lowest BCUT2D eigenvalue weighted by molar-refractivity contribution is -0.383. The van der Waals surface area contributed by atoms with E-state index in [2.05, 4.69) is 0 Å². The molecule has 1 aliphatic rings. The molecule has 1 aromatic heterocycles. The Bertz CT molecular complexity index is 862. The van der Waals surface area contributed by atoms with Crippen molar-refractivity contribution >= 4 is 56.2 Å². The summed E-state index contributed by atoms with van der Waals surface area (Å²) >= 11 is 12.9. The van der Waals surface area contributed by atoms with Gasteiger partial charge in [0.1, 0.15) is 9.58 Å². The number of phenols is 2. The number of carbonyl (C=O) groups is 1. The average molecular weight is 393 g/mol. The Morgan fingerprint density at radius 2 is 1.83 bits per heavy atom. The number of carbonyl (C=O) groups excluding carboxylic acids is 1. The summed E-state index contributed by atoms with van der Waals surface area (Å²) in [6, 6.07) is 0. The van der Waals surface area contributed by atoms with Crippen LogP contribution in [0.15, 0.2) is 0 Å². The highest BCUT2D eigenvalue weighted by Crippen LogP contribution is 2.53. The highest BCUT2D eigenvalue weighted by atomic mass is 35.5. The van der Waals surface area contributed by atoms with E-state index in [4.69, 9.17) is 27.9 Å². The molecule has 128 valence electrons. The van der Waals surface area contributed by atoms with E-state index < -0.39 is 28.0 Å². The third kappa shape index (κ3) is 2.53. The highest BCUT2D eigenvalue weighted by Gasteiger charge is 2.33. The van der Waals surface area contributed by atoms with Gasteiger partial charge in [0.25, 0.3) is 5.91 Å². The normalized spacial score (nSPS) is 15.0. The zero-order valence-corrected chi connectivity index (χ0v) is 14.2. The van der Waals surface area contributed by atoms with Gasteiger partial charge in [-0.25, -0.2) is 0 Å². The number of phenolic OH excluding ortho intramolecular Hbond substituents is 2. The Kier molecular flexibility index (Phi) is 4.43. The fourth-order valence-electron chi connectivity index (χ4n) is 2.43. The van der Waals surface area contributed by atoms with E-state index in [-0.39, 0.29) is 25.0 Å². The van der Waals surface area contributed by atoms with Gasteiger partial charge in [-0.15, -0.1) is 11.3 Å². The number of morpholine rings is 1. The lowest BCUT2D eigenvalue weighted by Gasteiger charge is -2.26. The smallest absolute Gasteiger partial charge is 0.332 e. The molecule has 1 amide bonds. The quantitative estimate of drug-likeness (QED) is 0.461. The number of hydrogen-bond donors (Lipinski definition) is 2. The molecule has 2 heterocycles. The molecule has 1 aliphatic heterocycles. The number of rotatable bonds is 2. The molecule has 11 heteroatoms. The molecule has 24 heavy (non-hydrogen) atoms. The predicted molar refractivity (Wildman–Crippen MR) is 88.6 cm³/mol. The van der Waals surface area contributed by atoms with Gasteiger partial charge < -0.3 is 19.8 Å². The average Bonchev–Trinajstić information content (AvgIpc) is 2.90. The Morgan fingerprint density at radius 1 is 1.21 bits per heavy atom. The van der Waals surface area contributed by atoms with Gasteiger partial charge in [0.05, 0.1) is 28.2 Å². The summed E-state index contributed by atoms with van der Waals surface area (Å²) in [7, 11) is 0. The minimum absolute atomic E-state index is 0.0260. The first kappa shape index (κ1) is 17.0. The van der Waals surface area contributed by atoms with Gasteiger partial charge in [-0.3, -0.25) is 14.9 Å². The van der Waals surface area contributed by atoms with Gasteiger partial charge in [0, 0.05) is 18.5 Å². The topological polar surface area (TPSA) is 113 Å². The third-order valence-corrected chi connectivity index (χ3v) is 5.66. The summed E-state index contributed by atoms with van der Waals surface area (Å²) in [6.07, 6.45) is 0. The number of nitro benzene ring substituents is 1. The molecule has 0 bridgehead atoms. The number of hydrogen-bond acceptors (Lipinski definition) is 7. The van der Waals surface area contributed by atoms with Gasteiger partial charge >= 0.3 is 5.69 Å². The minimum atomic E-state index is -0.958. The highest BCUT2D eigenvalue weighted by molar-refractivity contribution is 7.22. The van der Waals surface area contributed by atoms with Crippen LogP contribution in [0.3, 0.4) is 0 Å². The first-order valence-corrected chi connectivity index (χ1v) is 8.28. The fraction of sp³-hybridized carbons (Fsp3) is 0.308. The summed E-state index contributed by atoms with van der Waals surface area (Å²) in [5.41, 5.74) is -0.736. The van der Waals surface area contributed by atoms with Crippen LogP contribution in [-0.4, -0.2) is 52.2 Å². The summed E-state index contributed by atoms with van der Waals surface area (Å²) in [4.78, 5) is 24.6. The SMILES string of the molecule is O=C(c1sc2c([N+](=O)[O-])c(O)c(O)c(Cl)c2c1Cl)N1CCOCC1. The monoisotopic (exact) mass is 392 g/mol. The Hall–Kier alpha value is -1.81. The van der Waals surface area contributed by atoms with Crippen LogP contribution in [0.5, 0.6) is 11.5 Å². The number of nitro groups is 1. The molecule has 8 nitrogen and oxygen atoms in total. The first-order chi connectivity index (χ1) is 11.3. The molecule has 0 radical (unpaired) electrons. The molecule has 2 N–H and O–H groups in total. The number of aromatic hydroxyl groups is 2. The lowest BCUT2D eigenvalue weighted by atomic mass is 10.2. The van der Waals surface area contributed by atoms with Crippen LogP contribution in [0.1, 0.15) is 9.67 Å². The second kappa shape index (κ2) is 6.25. The minimum Gasteiger partial charge on any atom is -0.503 e. The lowest BCUT2D eigenvalue weighted by Crippen LogP contribution is -2.40. The Morgan fingerprint density at radius 3 is 2.42 bits per heavy atom. The molecule has 2 aromatic rings. The summed E-state index contributed by atoms with van der Waals surface area (Å²) in [6.45, 7) is 1.51. The van der Waals surface area contributed by atoms with Crippen LogP contribution >= 0.6 is 34.5 Å². The van der Waals surface area contributed by atoms with E-state index in [0.717, 1.165) is 11.3 Å². The van der Waals surface area contributed by atoms with Crippen molar-refractivity contribution in [2.75, 3.05) is 26.3 Å². The van der Waals surface area contributed by atoms with Crippen LogP contribution in [-0.2, 0) is 4.74 Å². The number of ether oxygens (including phenoxy) is 1. The maximum Gasteiger partial charge on any atom is 0.332 e. The van der Waals surface area contributed by atoms with Crippen LogP contribution < -0.4 is 0 Å². The predicted octanol–water partition coefficient (Wildman–Crippen LogP) is 3.00. The van der Waals surface area contributed by atoms with Gasteiger partial charge in [0.2, 0.25) is 5.75 Å². The first-order valence-electron chi connectivity index (χ1n) is 6.71. The van der Waals surface area contributed by atoms with Crippen molar-refractivity contribution in [1.82, 2.24) is 4.90 Å². The van der Waals surface area contributed by atoms with E-state index in [1.165, 1.54) is 4.90 Å². The van der Waals surface area contributed by atoms with Gasteiger partial charge in [-0.2, -0.15) is 0 Å². The zero-order chi connectivity index (χ0) is 17.6. The number of nitrogens with zero attached hydrogens (tertiary/aromatic N) is 2. The molecule has 3 rings (SSSR count). The molecular weight excluding hydrogens is 383 g/mol.